The first-order valence-electron chi connectivity index (χ1n) is 8.71. The van der Waals surface area contributed by atoms with Gasteiger partial charge >= 0.3 is 11.7 Å². The third kappa shape index (κ3) is 4.19. The number of aromatic hydroxyl groups is 1. The summed E-state index contributed by atoms with van der Waals surface area (Å²) in [6.45, 7) is 2.06. The van der Waals surface area contributed by atoms with E-state index in [-0.39, 0.29) is 17.5 Å². The fourth-order valence-corrected chi connectivity index (χ4v) is 5.40. The van der Waals surface area contributed by atoms with Crippen LogP contribution in [0.3, 0.4) is 0 Å². The third-order valence-corrected chi connectivity index (χ3v) is 6.54. The summed E-state index contributed by atoms with van der Waals surface area (Å²) in [7, 11) is 0. The number of hydrogen-bond acceptors (Lipinski definition) is 7. The van der Waals surface area contributed by atoms with Crippen molar-refractivity contribution < 1.29 is 19.6 Å². The molecule has 1 heterocycles. The Kier molecular flexibility index (Phi) is 6.21. The number of carbonyl (C=O) groups excluding carboxylic acids is 1. The Labute approximate surface area is 169 Å². The quantitative estimate of drug-likeness (QED) is 0.302. The van der Waals surface area contributed by atoms with E-state index in [1.807, 2.05) is 0 Å². The predicted molar refractivity (Wildman–Crippen MR) is 107 cm³/mol. The minimum Gasteiger partial charge on any atom is -0.502 e. The van der Waals surface area contributed by atoms with E-state index in [2.05, 4.69) is 20.9 Å². The molecule has 2 unspecified atom stereocenters. The highest BCUT2D eigenvalue weighted by atomic mass is 79.9. The van der Waals surface area contributed by atoms with Crippen LogP contribution in [0.1, 0.15) is 38.2 Å². The topological polar surface area (TPSA) is 102 Å². The molecule has 2 atom stereocenters. The second-order valence-corrected chi connectivity index (χ2v) is 8.51. The Bertz CT molecular complexity index is 839. The molecule has 0 bridgehead atoms. The van der Waals surface area contributed by atoms with Gasteiger partial charge in [-0.2, -0.15) is 0 Å². The zero-order chi connectivity index (χ0) is 19.6. The van der Waals surface area contributed by atoms with Crippen LogP contribution in [0.5, 0.6) is 5.75 Å². The number of ether oxygens (including phenoxy) is 1. The van der Waals surface area contributed by atoms with Crippen molar-refractivity contribution in [3.8, 4) is 5.75 Å². The van der Waals surface area contributed by atoms with Crippen LogP contribution in [0.15, 0.2) is 32.2 Å². The number of rotatable bonds is 5. The van der Waals surface area contributed by atoms with Crippen molar-refractivity contribution in [2.75, 3.05) is 6.61 Å². The maximum absolute atomic E-state index is 12.5. The van der Waals surface area contributed by atoms with Crippen LogP contribution in [-0.4, -0.2) is 34.1 Å². The van der Waals surface area contributed by atoms with Crippen molar-refractivity contribution in [1.29, 1.82) is 0 Å². The number of thioether (sulfide) groups is 1. The molecule has 0 spiro atoms. The number of aliphatic imine (C=N–C) groups is 1. The van der Waals surface area contributed by atoms with Gasteiger partial charge in [0.15, 0.2) is 0 Å². The lowest BCUT2D eigenvalue weighted by Gasteiger charge is -2.25. The monoisotopic (exact) mass is 454 g/mol. The Hall–Kier alpha value is -1.87. The van der Waals surface area contributed by atoms with Crippen LogP contribution in [0.4, 0.5) is 5.69 Å². The highest BCUT2D eigenvalue weighted by Crippen LogP contribution is 2.49. The van der Waals surface area contributed by atoms with E-state index in [0.29, 0.717) is 26.9 Å². The summed E-state index contributed by atoms with van der Waals surface area (Å²) in [6, 6.07) is 2.78. The van der Waals surface area contributed by atoms with Crippen LogP contribution < -0.4 is 0 Å². The first-order valence-corrected chi connectivity index (χ1v) is 10.4. The molecular weight excluding hydrogens is 436 g/mol. The van der Waals surface area contributed by atoms with Crippen LogP contribution in [-0.2, 0) is 9.53 Å². The largest absolute Gasteiger partial charge is 0.502 e. The lowest BCUT2D eigenvalue weighted by Crippen LogP contribution is -2.24. The Morgan fingerprint density at radius 1 is 1.48 bits per heavy atom. The number of phenols is 1. The molecule has 1 aliphatic carbocycles. The molecule has 1 fully saturated rings. The number of nitro groups is 1. The molecule has 1 aromatic carbocycles. The van der Waals surface area contributed by atoms with Crippen LogP contribution >= 0.6 is 27.7 Å². The maximum atomic E-state index is 12.5. The molecule has 0 aromatic heterocycles. The van der Waals surface area contributed by atoms with Crippen LogP contribution in [0, 0.1) is 16.0 Å². The molecule has 0 amide bonds. The van der Waals surface area contributed by atoms with E-state index in [1.165, 1.54) is 12.3 Å². The van der Waals surface area contributed by atoms with E-state index < -0.39 is 16.4 Å². The van der Waals surface area contributed by atoms with E-state index in [0.717, 1.165) is 25.7 Å². The number of esters is 1. The summed E-state index contributed by atoms with van der Waals surface area (Å²) < 4.78 is 5.68. The van der Waals surface area contributed by atoms with Crippen molar-refractivity contribution in [1.82, 2.24) is 0 Å². The zero-order valence-electron chi connectivity index (χ0n) is 14.7. The van der Waals surface area contributed by atoms with Crippen molar-refractivity contribution in [3.05, 3.63) is 42.9 Å². The maximum Gasteiger partial charge on any atom is 0.337 e. The first-order chi connectivity index (χ1) is 12.9. The molecule has 27 heavy (non-hydrogen) atoms. The average Bonchev–Trinajstić information content (AvgIpc) is 3.00. The smallest absolute Gasteiger partial charge is 0.337 e. The molecule has 0 radical (unpaired) electrons. The van der Waals surface area contributed by atoms with Gasteiger partial charge in [-0.1, -0.05) is 28.8 Å². The molecule has 1 aliphatic heterocycles. The molecule has 1 N–H and O–H groups in total. The van der Waals surface area contributed by atoms with Gasteiger partial charge in [-0.15, -0.1) is 11.8 Å². The van der Waals surface area contributed by atoms with Gasteiger partial charge in [0.1, 0.15) is 5.03 Å². The number of phenolic OH excluding ortho intramolecular Hbond substituents is 1. The van der Waals surface area contributed by atoms with Gasteiger partial charge in [0, 0.05) is 33.5 Å². The summed E-state index contributed by atoms with van der Waals surface area (Å²) in [5, 5.41) is 22.1. The molecule has 2 aliphatic rings. The SMILES string of the molecule is CCOC(=O)C1=C(/N=C/c2cc(Br)cc([N+](=O)[O-])c2O)SC2CCCCC12. The lowest BCUT2D eigenvalue weighted by atomic mass is 9.84. The summed E-state index contributed by atoms with van der Waals surface area (Å²) in [5.41, 5.74) is 0.396. The van der Waals surface area contributed by atoms with Gasteiger partial charge < -0.3 is 9.84 Å². The Morgan fingerprint density at radius 3 is 2.93 bits per heavy atom. The number of nitrogens with zero attached hydrogens (tertiary/aromatic N) is 2. The summed E-state index contributed by atoms with van der Waals surface area (Å²) in [6.07, 6.45) is 5.51. The van der Waals surface area contributed by atoms with Gasteiger partial charge in [0.2, 0.25) is 5.75 Å². The number of nitro benzene ring substituents is 1. The van der Waals surface area contributed by atoms with E-state index in [4.69, 9.17) is 4.74 Å². The van der Waals surface area contributed by atoms with E-state index in [9.17, 15) is 20.0 Å². The van der Waals surface area contributed by atoms with Gasteiger partial charge in [0.25, 0.3) is 0 Å². The minimum absolute atomic E-state index is 0.125. The minimum atomic E-state index is -0.653. The van der Waals surface area contributed by atoms with Gasteiger partial charge in [-0.05, 0) is 25.8 Å². The predicted octanol–water partition coefficient (Wildman–Crippen LogP) is 4.56. The second-order valence-electron chi connectivity index (χ2n) is 6.36. The average molecular weight is 455 g/mol. The number of benzene rings is 1. The third-order valence-electron chi connectivity index (χ3n) is 4.66. The molecule has 0 saturated heterocycles. The van der Waals surface area contributed by atoms with E-state index >= 15 is 0 Å². The Balaban J connectivity index is 1.97. The molecule has 9 heteroatoms. The molecule has 1 aromatic rings. The highest BCUT2D eigenvalue weighted by molar-refractivity contribution is 9.10. The summed E-state index contributed by atoms with van der Waals surface area (Å²) >= 11 is 4.76. The summed E-state index contributed by atoms with van der Waals surface area (Å²) in [4.78, 5) is 27.3. The van der Waals surface area contributed by atoms with Crippen molar-refractivity contribution in [3.63, 3.8) is 0 Å². The van der Waals surface area contributed by atoms with Gasteiger partial charge in [0.05, 0.1) is 17.1 Å². The normalized spacial score (nSPS) is 22.1. The Morgan fingerprint density at radius 2 is 2.22 bits per heavy atom. The van der Waals surface area contributed by atoms with Gasteiger partial charge in [-0.25, -0.2) is 9.79 Å². The van der Waals surface area contributed by atoms with Crippen molar-refractivity contribution >= 4 is 45.6 Å². The fraction of sp³-hybridized carbons (Fsp3) is 0.444. The standard InChI is InChI=1S/C18H19BrN2O5S/c1-2-26-18(23)15-12-5-3-4-6-14(12)27-17(15)20-9-10-7-11(19)8-13(16(10)22)21(24)25/h7-9,12,14,22H,2-6H2,1H3/b20-9+. The van der Waals surface area contributed by atoms with Crippen molar-refractivity contribution in [2.45, 2.75) is 37.9 Å². The molecule has 7 nitrogen and oxygen atoms in total. The van der Waals surface area contributed by atoms with Crippen LogP contribution in [0.2, 0.25) is 0 Å². The molecule has 3 rings (SSSR count). The zero-order valence-corrected chi connectivity index (χ0v) is 17.1. The van der Waals surface area contributed by atoms with Gasteiger partial charge in [-0.3, -0.25) is 10.1 Å². The highest BCUT2D eigenvalue weighted by Gasteiger charge is 2.41. The molecule has 1 saturated carbocycles. The second kappa shape index (κ2) is 8.43. The van der Waals surface area contributed by atoms with Crippen molar-refractivity contribution in [2.24, 2.45) is 10.9 Å². The fourth-order valence-electron chi connectivity index (χ4n) is 3.45. The molecular formula is C18H19BrN2O5S. The van der Waals surface area contributed by atoms with Crippen LogP contribution in [0.25, 0.3) is 0 Å². The lowest BCUT2D eigenvalue weighted by molar-refractivity contribution is -0.385. The number of fused-ring (bicyclic) bond motifs is 1. The number of hydrogen-bond donors (Lipinski definition) is 1. The number of carbonyl (C=O) groups is 1. The molecule has 144 valence electrons. The van der Waals surface area contributed by atoms with E-state index in [1.54, 1.807) is 24.8 Å². The number of halogens is 1. The summed E-state index contributed by atoms with van der Waals surface area (Å²) in [5.74, 6) is -0.679. The first kappa shape index (κ1) is 19.9.